The van der Waals surface area contributed by atoms with Gasteiger partial charge in [0.25, 0.3) is 0 Å². The van der Waals surface area contributed by atoms with Gasteiger partial charge in [-0.2, -0.15) is 4.31 Å². The molecule has 116 valence electrons. The molecule has 3 N–H and O–H groups in total. The Morgan fingerprint density at radius 1 is 1.35 bits per heavy atom. The maximum atomic E-state index is 12.5. The number of rotatable bonds is 4. The lowest BCUT2D eigenvalue weighted by Crippen LogP contribution is -2.56. The summed E-state index contributed by atoms with van der Waals surface area (Å²) in [6, 6.07) is 0. The minimum atomic E-state index is -3.23. The van der Waals surface area contributed by atoms with Crippen LogP contribution in [0.4, 0.5) is 0 Å². The van der Waals surface area contributed by atoms with Crippen LogP contribution in [-0.2, 0) is 14.8 Å². The van der Waals surface area contributed by atoms with Gasteiger partial charge in [0.2, 0.25) is 15.9 Å². The Balaban J connectivity index is 2.81. The smallest absolute Gasteiger partial charge is 0.236 e. The summed E-state index contributed by atoms with van der Waals surface area (Å²) < 4.78 is 24.2. The number of hydrogen-bond acceptors (Lipinski definition) is 5. The SMILES string of the molecule is CCC(C)(C(=O)N1CCN(S(C)(=O)=O)CC1)C(N)=NO. The lowest BCUT2D eigenvalue weighted by Gasteiger charge is -2.38. The van der Waals surface area contributed by atoms with Crippen molar-refractivity contribution in [2.45, 2.75) is 20.3 Å². The zero-order chi connectivity index (χ0) is 15.6. The van der Waals surface area contributed by atoms with Gasteiger partial charge in [-0.1, -0.05) is 12.1 Å². The van der Waals surface area contributed by atoms with E-state index in [-0.39, 0.29) is 24.8 Å². The van der Waals surface area contributed by atoms with Crippen LogP contribution in [0.1, 0.15) is 20.3 Å². The molecule has 0 aromatic carbocycles. The third kappa shape index (κ3) is 3.21. The first-order valence-electron chi connectivity index (χ1n) is 6.39. The van der Waals surface area contributed by atoms with E-state index < -0.39 is 15.4 Å². The third-order valence-electron chi connectivity index (χ3n) is 3.85. The molecule has 1 fully saturated rings. The van der Waals surface area contributed by atoms with Crippen molar-refractivity contribution in [2.24, 2.45) is 16.3 Å². The van der Waals surface area contributed by atoms with Gasteiger partial charge in [0.15, 0.2) is 5.84 Å². The molecule has 0 radical (unpaired) electrons. The van der Waals surface area contributed by atoms with Crippen LogP contribution in [0.25, 0.3) is 0 Å². The fraction of sp³-hybridized carbons (Fsp3) is 0.818. The molecule has 1 aliphatic rings. The van der Waals surface area contributed by atoms with Crippen LogP contribution >= 0.6 is 0 Å². The molecule has 1 atom stereocenters. The van der Waals surface area contributed by atoms with Crippen molar-refractivity contribution in [3.05, 3.63) is 0 Å². The van der Waals surface area contributed by atoms with Crippen molar-refractivity contribution in [3.8, 4) is 0 Å². The molecular weight excluding hydrogens is 284 g/mol. The van der Waals surface area contributed by atoms with Crippen LogP contribution in [0.15, 0.2) is 5.16 Å². The summed E-state index contributed by atoms with van der Waals surface area (Å²) in [5, 5.41) is 11.7. The predicted octanol–water partition coefficient (Wildman–Crippen LogP) is -0.747. The lowest BCUT2D eigenvalue weighted by atomic mass is 9.84. The summed E-state index contributed by atoms with van der Waals surface area (Å²) in [4.78, 5) is 14.1. The number of hydrogen-bond donors (Lipinski definition) is 2. The first kappa shape index (κ1) is 16.7. The van der Waals surface area contributed by atoms with Gasteiger partial charge < -0.3 is 15.8 Å². The summed E-state index contributed by atoms with van der Waals surface area (Å²) in [5.74, 6) is -0.376. The number of sulfonamides is 1. The number of amidine groups is 1. The molecule has 9 heteroatoms. The Bertz CT molecular complexity index is 497. The minimum absolute atomic E-state index is 0.129. The van der Waals surface area contributed by atoms with Crippen LogP contribution in [0, 0.1) is 5.41 Å². The number of amides is 1. The monoisotopic (exact) mass is 306 g/mol. The molecule has 1 rings (SSSR count). The van der Waals surface area contributed by atoms with E-state index in [9.17, 15) is 13.2 Å². The van der Waals surface area contributed by atoms with Crippen LogP contribution in [-0.4, -0.2) is 67.0 Å². The number of piperazine rings is 1. The first-order valence-corrected chi connectivity index (χ1v) is 8.24. The third-order valence-corrected chi connectivity index (χ3v) is 5.15. The van der Waals surface area contributed by atoms with Gasteiger partial charge in [-0.05, 0) is 13.3 Å². The van der Waals surface area contributed by atoms with Gasteiger partial charge >= 0.3 is 0 Å². The number of nitrogens with two attached hydrogens (primary N) is 1. The van der Waals surface area contributed by atoms with E-state index in [0.717, 1.165) is 6.26 Å². The van der Waals surface area contributed by atoms with Crippen molar-refractivity contribution in [1.29, 1.82) is 0 Å². The van der Waals surface area contributed by atoms with Gasteiger partial charge in [0.1, 0.15) is 5.41 Å². The van der Waals surface area contributed by atoms with Gasteiger partial charge in [-0.25, -0.2) is 8.42 Å². The topological polar surface area (TPSA) is 116 Å². The fourth-order valence-corrected chi connectivity index (χ4v) is 2.95. The molecule has 0 aromatic rings. The molecule has 8 nitrogen and oxygen atoms in total. The zero-order valence-corrected chi connectivity index (χ0v) is 12.9. The molecule has 1 saturated heterocycles. The molecule has 0 aromatic heterocycles. The van der Waals surface area contributed by atoms with Crippen LogP contribution < -0.4 is 5.73 Å². The summed E-state index contributed by atoms with van der Waals surface area (Å²) in [6.45, 7) is 4.54. The minimum Gasteiger partial charge on any atom is -0.409 e. The summed E-state index contributed by atoms with van der Waals surface area (Å²) in [7, 11) is -3.23. The zero-order valence-electron chi connectivity index (χ0n) is 12.0. The molecule has 1 heterocycles. The largest absolute Gasteiger partial charge is 0.409 e. The Kier molecular flexibility index (Phi) is 4.98. The average Bonchev–Trinajstić information content (AvgIpc) is 2.43. The van der Waals surface area contributed by atoms with Crippen LogP contribution in [0.5, 0.6) is 0 Å². The molecule has 1 amide bonds. The van der Waals surface area contributed by atoms with E-state index in [4.69, 9.17) is 10.9 Å². The predicted molar refractivity (Wildman–Crippen MR) is 74.8 cm³/mol. The summed E-state index contributed by atoms with van der Waals surface area (Å²) in [6.07, 6.45) is 1.55. The van der Waals surface area contributed by atoms with Gasteiger partial charge in [0, 0.05) is 26.2 Å². The average molecular weight is 306 g/mol. The quantitative estimate of drug-likeness (QED) is 0.307. The van der Waals surface area contributed by atoms with Gasteiger partial charge in [-0.3, -0.25) is 4.79 Å². The highest BCUT2D eigenvalue weighted by Crippen LogP contribution is 2.25. The second-order valence-corrected chi connectivity index (χ2v) is 7.11. The molecule has 0 spiro atoms. The summed E-state index contributed by atoms with van der Waals surface area (Å²) in [5.41, 5.74) is 4.54. The molecule has 0 saturated carbocycles. The second-order valence-electron chi connectivity index (χ2n) is 5.13. The molecule has 1 aliphatic heterocycles. The highest BCUT2D eigenvalue weighted by Gasteiger charge is 2.40. The number of nitrogens with zero attached hydrogens (tertiary/aromatic N) is 3. The molecular formula is C11H22N4O4S. The Morgan fingerprint density at radius 3 is 2.20 bits per heavy atom. The Labute approximate surface area is 119 Å². The van der Waals surface area contributed by atoms with Crippen LogP contribution in [0.3, 0.4) is 0 Å². The highest BCUT2D eigenvalue weighted by molar-refractivity contribution is 7.88. The Hall–Kier alpha value is -1.35. The maximum absolute atomic E-state index is 12.5. The maximum Gasteiger partial charge on any atom is 0.236 e. The normalized spacial score (nSPS) is 21.6. The number of oxime groups is 1. The lowest BCUT2D eigenvalue weighted by molar-refractivity contribution is -0.139. The van der Waals surface area contributed by atoms with Crippen molar-refractivity contribution < 1.29 is 18.4 Å². The number of carbonyl (C=O) groups is 1. The number of carbonyl (C=O) groups excluding carboxylic acids is 1. The molecule has 1 unspecified atom stereocenters. The highest BCUT2D eigenvalue weighted by atomic mass is 32.2. The van der Waals surface area contributed by atoms with Crippen LogP contribution in [0.2, 0.25) is 0 Å². The molecule has 20 heavy (non-hydrogen) atoms. The van der Waals surface area contributed by atoms with Crippen molar-refractivity contribution >= 4 is 21.8 Å². The van der Waals surface area contributed by atoms with Crippen molar-refractivity contribution in [3.63, 3.8) is 0 Å². The standard InChI is InChI=1S/C11H22N4O4S/c1-4-11(2,9(12)13-17)10(16)14-5-7-15(8-6-14)20(3,18)19/h17H,4-8H2,1-3H3,(H2,12,13). The first-order chi connectivity index (χ1) is 9.16. The van der Waals surface area contributed by atoms with E-state index in [1.165, 1.54) is 4.31 Å². The van der Waals surface area contributed by atoms with E-state index in [1.54, 1.807) is 18.7 Å². The van der Waals surface area contributed by atoms with E-state index in [2.05, 4.69) is 5.16 Å². The van der Waals surface area contributed by atoms with Crippen molar-refractivity contribution in [2.75, 3.05) is 32.4 Å². The van der Waals surface area contributed by atoms with Gasteiger partial charge in [-0.15, -0.1) is 0 Å². The molecule has 0 bridgehead atoms. The van der Waals surface area contributed by atoms with Crippen molar-refractivity contribution in [1.82, 2.24) is 9.21 Å². The van der Waals surface area contributed by atoms with E-state index in [1.807, 2.05) is 0 Å². The molecule has 0 aliphatic carbocycles. The second kappa shape index (κ2) is 5.96. The fourth-order valence-electron chi connectivity index (χ4n) is 2.12. The summed E-state index contributed by atoms with van der Waals surface area (Å²) >= 11 is 0. The Morgan fingerprint density at radius 2 is 1.85 bits per heavy atom. The van der Waals surface area contributed by atoms with E-state index >= 15 is 0 Å². The van der Waals surface area contributed by atoms with Gasteiger partial charge in [0.05, 0.1) is 6.26 Å². The van der Waals surface area contributed by atoms with E-state index in [0.29, 0.717) is 19.5 Å².